The third-order valence-electron chi connectivity index (χ3n) is 5.71. The molecule has 1 aliphatic carbocycles. The quantitative estimate of drug-likeness (QED) is 0.361. The van der Waals surface area contributed by atoms with Crippen molar-refractivity contribution in [2.45, 2.75) is 57.8 Å². The van der Waals surface area contributed by atoms with E-state index in [1.807, 2.05) is 25.1 Å². The fourth-order valence-electron chi connectivity index (χ4n) is 3.99. The van der Waals surface area contributed by atoms with Crippen molar-refractivity contribution < 1.29 is 14.5 Å². The van der Waals surface area contributed by atoms with E-state index in [4.69, 9.17) is 4.74 Å². The molecule has 6 heteroatoms. The van der Waals surface area contributed by atoms with Gasteiger partial charge in [0, 0.05) is 17.8 Å². The number of rotatable bonds is 8. The largest absolute Gasteiger partial charge is 0.493 e. The molecule has 0 bridgehead atoms. The van der Waals surface area contributed by atoms with Gasteiger partial charge in [-0.1, -0.05) is 38.3 Å². The summed E-state index contributed by atoms with van der Waals surface area (Å²) in [7, 11) is 0. The number of hydrogen-bond donors (Lipinski definition) is 1. The second-order valence-electron chi connectivity index (χ2n) is 7.73. The lowest BCUT2D eigenvalue weighted by Gasteiger charge is -2.28. The van der Waals surface area contributed by atoms with Gasteiger partial charge in [-0.2, -0.15) is 0 Å². The van der Waals surface area contributed by atoms with Crippen LogP contribution in [0.15, 0.2) is 42.5 Å². The molecule has 154 valence electrons. The van der Waals surface area contributed by atoms with Crippen LogP contribution in [-0.4, -0.2) is 17.4 Å². The van der Waals surface area contributed by atoms with Crippen molar-refractivity contribution in [3.8, 4) is 5.75 Å². The molecule has 2 aromatic rings. The molecular weight excluding hydrogens is 368 g/mol. The molecule has 0 radical (unpaired) electrons. The predicted molar refractivity (Wildman–Crippen MR) is 113 cm³/mol. The van der Waals surface area contributed by atoms with Gasteiger partial charge in [-0.25, -0.2) is 0 Å². The second-order valence-corrected chi connectivity index (χ2v) is 7.73. The third kappa shape index (κ3) is 4.58. The highest BCUT2D eigenvalue weighted by molar-refractivity contribution is 5.99. The molecule has 1 amide bonds. The molecule has 3 rings (SSSR count). The van der Waals surface area contributed by atoms with Crippen molar-refractivity contribution in [1.82, 2.24) is 0 Å². The zero-order valence-electron chi connectivity index (χ0n) is 17.1. The van der Waals surface area contributed by atoms with E-state index in [9.17, 15) is 14.9 Å². The summed E-state index contributed by atoms with van der Waals surface area (Å²) in [5, 5.41) is 14.0. The van der Waals surface area contributed by atoms with Gasteiger partial charge >= 0.3 is 0 Å². The minimum absolute atomic E-state index is 0.0385. The average Bonchev–Trinajstić information content (AvgIpc) is 3.21. The van der Waals surface area contributed by atoms with Crippen molar-refractivity contribution in [1.29, 1.82) is 0 Å². The molecule has 1 saturated carbocycles. The van der Waals surface area contributed by atoms with Crippen LogP contribution in [0.2, 0.25) is 0 Å². The molecule has 6 nitrogen and oxygen atoms in total. The number of nitro groups is 1. The summed E-state index contributed by atoms with van der Waals surface area (Å²) in [6.45, 7) is 4.78. The Hall–Kier alpha value is -2.89. The van der Waals surface area contributed by atoms with Crippen LogP contribution in [0.5, 0.6) is 5.75 Å². The molecule has 0 unspecified atom stereocenters. The number of nitrogens with one attached hydrogen (secondary N) is 1. The van der Waals surface area contributed by atoms with Crippen molar-refractivity contribution >= 4 is 17.3 Å². The summed E-state index contributed by atoms with van der Waals surface area (Å²) in [5.74, 6) is 0.783. The maximum atomic E-state index is 13.3. The van der Waals surface area contributed by atoms with Crippen LogP contribution in [0.25, 0.3) is 0 Å². The zero-order chi connectivity index (χ0) is 20.9. The van der Waals surface area contributed by atoms with Crippen LogP contribution in [-0.2, 0) is 10.2 Å². The number of hydrogen-bond acceptors (Lipinski definition) is 4. The number of carbonyl (C=O) groups is 1. The maximum Gasteiger partial charge on any atom is 0.269 e. The molecule has 1 N–H and O–H groups in total. The minimum Gasteiger partial charge on any atom is -0.493 e. The van der Waals surface area contributed by atoms with Gasteiger partial charge in [-0.05, 0) is 55.5 Å². The number of anilines is 1. The van der Waals surface area contributed by atoms with Crippen molar-refractivity contribution in [2.24, 2.45) is 0 Å². The number of carbonyl (C=O) groups excluding carboxylic acids is 1. The number of benzene rings is 2. The van der Waals surface area contributed by atoms with Gasteiger partial charge in [0.15, 0.2) is 0 Å². The summed E-state index contributed by atoms with van der Waals surface area (Å²) in [6, 6.07) is 12.1. The predicted octanol–water partition coefficient (Wildman–Crippen LogP) is 5.53. The summed E-state index contributed by atoms with van der Waals surface area (Å²) < 4.78 is 5.79. The highest BCUT2D eigenvalue weighted by Crippen LogP contribution is 2.42. The Labute approximate surface area is 171 Å². The van der Waals surface area contributed by atoms with E-state index in [1.54, 1.807) is 12.1 Å². The summed E-state index contributed by atoms with van der Waals surface area (Å²) in [6.07, 6.45) is 5.51. The lowest BCUT2D eigenvalue weighted by molar-refractivity contribution is -0.384. The monoisotopic (exact) mass is 396 g/mol. The Morgan fingerprint density at radius 2 is 1.86 bits per heavy atom. The van der Waals surface area contributed by atoms with Gasteiger partial charge in [-0.3, -0.25) is 14.9 Å². The van der Waals surface area contributed by atoms with Gasteiger partial charge < -0.3 is 10.1 Å². The topological polar surface area (TPSA) is 81.5 Å². The van der Waals surface area contributed by atoms with Crippen LogP contribution >= 0.6 is 0 Å². The van der Waals surface area contributed by atoms with E-state index in [1.165, 1.54) is 12.1 Å². The first-order valence-corrected chi connectivity index (χ1v) is 10.3. The zero-order valence-corrected chi connectivity index (χ0v) is 17.1. The molecule has 0 saturated heterocycles. The molecule has 1 aliphatic rings. The van der Waals surface area contributed by atoms with Gasteiger partial charge in [0.1, 0.15) is 5.75 Å². The van der Waals surface area contributed by atoms with E-state index >= 15 is 0 Å². The fraction of sp³-hybridized carbons (Fsp3) is 0.435. The van der Waals surface area contributed by atoms with Crippen LogP contribution in [0.3, 0.4) is 0 Å². The molecule has 1 fully saturated rings. The van der Waals surface area contributed by atoms with E-state index in [2.05, 4.69) is 12.2 Å². The number of unbranched alkanes of at least 4 members (excludes halogenated alkanes) is 1. The molecule has 0 atom stereocenters. The summed E-state index contributed by atoms with van der Waals surface area (Å²) in [5.41, 5.74) is 1.96. The van der Waals surface area contributed by atoms with Crippen LogP contribution < -0.4 is 10.1 Å². The van der Waals surface area contributed by atoms with Crippen molar-refractivity contribution in [2.75, 3.05) is 11.9 Å². The first-order chi connectivity index (χ1) is 14.0. The van der Waals surface area contributed by atoms with Gasteiger partial charge in [0.05, 0.1) is 16.9 Å². The molecule has 0 spiro atoms. The molecule has 0 aromatic heterocycles. The summed E-state index contributed by atoms with van der Waals surface area (Å²) in [4.78, 5) is 23.8. The Balaban J connectivity index is 1.78. The molecule has 29 heavy (non-hydrogen) atoms. The van der Waals surface area contributed by atoms with Crippen LogP contribution in [0.4, 0.5) is 11.4 Å². The number of ether oxygens (including phenoxy) is 1. The van der Waals surface area contributed by atoms with Crippen LogP contribution in [0.1, 0.15) is 56.6 Å². The number of nitrogens with zero attached hydrogens (tertiary/aromatic N) is 1. The Morgan fingerprint density at radius 3 is 2.45 bits per heavy atom. The Morgan fingerprint density at radius 1 is 1.17 bits per heavy atom. The first-order valence-electron chi connectivity index (χ1n) is 10.3. The van der Waals surface area contributed by atoms with E-state index < -0.39 is 10.3 Å². The number of aryl methyl sites for hydroxylation is 1. The van der Waals surface area contributed by atoms with Gasteiger partial charge in [0.2, 0.25) is 5.91 Å². The third-order valence-corrected chi connectivity index (χ3v) is 5.71. The van der Waals surface area contributed by atoms with Gasteiger partial charge in [0.25, 0.3) is 5.69 Å². The fourth-order valence-corrected chi connectivity index (χ4v) is 3.99. The highest BCUT2D eigenvalue weighted by Gasteiger charge is 2.42. The minimum atomic E-state index is -0.640. The van der Waals surface area contributed by atoms with Crippen molar-refractivity contribution in [3.63, 3.8) is 0 Å². The summed E-state index contributed by atoms with van der Waals surface area (Å²) >= 11 is 0. The first kappa shape index (κ1) is 20.8. The molecular formula is C23H28N2O4. The second kappa shape index (κ2) is 9.07. The van der Waals surface area contributed by atoms with E-state index in [0.717, 1.165) is 61.1 Å². The molecule has 0 heterocycles. The number of non-ortho nitro benzene ring substituents is 1. The lowest BCUT2D eigenvalue weighted by Crippen LogP contribution is -2.38. The normalized spacial score (nSPS) is 15.1. The Kier molecular flexibility index (Phi) is 6.52. The highest BCUT2D eigenvalue weighted by atomic mass is 16.6. The van der Waals surface area contributed by atoms with Gasteiger partial charge in [-0.15, -0.1) is 0 Å². The smallest absolute Gasteiger partial charge is 0.269 e. The maximum absolute atomic E-state index is 13.3. The number of amides is 1. The Bertz CT molecular complexity index is 871. The average molecular weight is 396 g/mol. The van der Waals surface area contributed by atoms with Crippen molar-refractivity contribution in [3.05, 3.63) is 63.7 Å². The number of nitro benzene ring substituents is 1. The lowest BCUT2D eigenvalue weighted by atomic mass is 9.78. The van der Waals surface area contributed by atoms with E-state index in [-0.39, 0.29) is 11.6 Å². The molecule has 0 aliphatic heterocycles. The van der Waals surface area contributed by atoms with Crippen LogP contribution in [0, 0.1) is 17.0 Å². The molecule has 2 aromatic carbocycles. The van der Waals surface area contributed by atoms with E-state index in [0.29, 0.717) is 6.61 Å². The standard InChI is InChI=1S/C23H28N2O4/c1-3-4-15-29-21-12-9-19(16-17(21)2)24-22(26)23(13-5-6-14-23)18-7-10-20(11-8-18)25(27)28/h7-12,16H,3-6,13-15H2,1-2H3,(H,24,26). The SMILES string of the molecule is CCCCOc1ccc(NC(=O)C2(c3ccc([N+](=O)[O-])cc3)CCCC2)cc1C.